The van der Waals surface area contributed by atoms with Gasteiger partial charge in [0.1, 0.15) is 22.8 Å². The third kappa shape index (κ3) is 3.94. The summed E-state index contributed by atoms with van der Waals surface area (Å²) in [4.78, 5) is 13.5. The Labute approximate surface area is 154 Å². The van der Waals surface area contributed by atoms with Crippen LogP contribution in [-0.4, -0.2) is 33.0 Å². The molecule has 2 rings (SSSR count). The molecule has 0 bridgehead atoms. The van der Waals surface area contributed by atoms with E-state index in [1.54, 1.807) is 36.4 Å². The lowest BCUT2D eigenvalue weighted by Crippen LogP contribution is -2.17. The van der Waals surface area contributed by atoms with Crippen molar-refractivity contribution in [1.29, 1.82) is 0 Å². The van der Waals surface area contributed by atoms with Crippen LogP contribution in [0.15, 0.2) is 42.5 Å². The third-order valence-corrected chi connectivity index (χ3v) is 7.21. The van der Waals surface area contributed by atoms with Crippen LogP contribution < -0.4 is 19.5 Å². The van der Waals surface area contributed by atoms with Crippen molar-refractivity contribution in [2.24, 2.45) is 0 Å². The van der Waals surface area contributed by atoms with Crippen LogP contribution in [-0.2, 0) is 4.57 Å². The first-order valence-corrected chi connectivity index (χ1v) is 10.4. The van der Waals surface area contributed by atoms with Crippen molar-refractivity contribution in [3.63, 3.8) is 0 Å². The van der Waals surface area contributed by atoms with Gasteiger partial charge in [-0.3, -0.25) is 4.79 Å². The van der Waals surface area contributed by atoms with Crippen LogP contribution >= 0.6 is 7.14 Å². The van der Waals surface area contributed by atoms with Crippen LogP contribution in [0, 0.1) is 0 Å². The van der Waals surface area contributed by atoms with E-state index in [4.69, 9.17) is 14.2 Å². The molecule has 26 heavy (non-hydrogen) atoms. The molecular formula is C20H25O5P. The Morgan fingerprint density at radius 3 is 2.00 bits per heavy atom. The van der Waals surface area contributed by atoms with E-state index in [2.05, 4.69) is 0 Å². The van der Waals surface area contributed by atoms with Crippen molar-refractivity contribution in [2.45, 2.75) is 19.8 Å². The fraction of sp³-hybridized carbons (Fsp3) is 0.350. The SMILES string of the molecule is CCCCP(=O)(C(=O)c1c(OC)cc(OC)cc1OC)c1ccccc1. The molecule has 0 amide bonds. The van der Waals surface area contributed by atoms with E-state index in [0.717, 1.165) is 6.42 Å². The minimum atomic E-state index is -3.34. The second-order valence-electron chi connectivity index (χ2n) is 5.86. The molecule has 0 aliphatic carbocycles. The van der Waals surface area contributed by atoms with Crippen LogP contribution in [0.25, 0.3) is 0 Å². The molecule has 6 heteroatoms. The standard InChI is InChI=1S/C20H25O5P/c1-5-6-12-26(22,16-10-8-7-9-11-16)20(21)19-17(24-3)13-15(23-2)14-18(19)25-4/h7-11,13-14H,5-6,12H2,1-4H3. The highest BCUT2D eigenvalue weighted by Crippen LogP contribution is 2.52. The van der Waals surface area contributed by atoms with Crippen LogP contribution in [0.1, 0.15) is 30.1 Å². The molecular weight excluding hydrogens is 351 g/mol. The number of methoxy groups -OCH3 is 3. The van der Waals surface area contributed by atoms with Gasteiger partial charge < -0.3 is 18.8 Å². The average Bonchev–Trinajstić information content (AvgIpc) is 2.70. The van der Waals surface area contributed by atoms with E-state index in [1.165, 1.54) is 21.3 Å². The fourth-order valence-electron chi connectivity index (χ4n) is 2.79. The van der Waals surface area contributed by atoms with E-state index in [-0.39, 0.29) is 5.56 Å². The van der Waals surface area contributed by atoms with Gasteiger partial charge in [0.15, 0.2) is 7.14 Å². The molecule has 140 valence electrons. The zero-order valence-corrected chi connectivity index (χ0v) is 16.5. The van der Waals surface area contributed by atoms with Crippen molar-refractivity contribution < 1.29 is 23.6 Å². The molecule has 5 nitrogen and oxygen atoms in total. The van der Waals surface area contributed by atoms with E-state index < -0.39 is 12.7 Å². The van der Waals surface area contributed by atoms with Gasteiger partial charge in [-0.1, -0.05) is 43.7 Å². The lowest BCUT2D eigenvalue weighted by atomic mass is 10.2. The Balaban J connectivity index is 2.64. The third-order valence-electron chi connectivity index (χ3n) is 4.26. The molecule has 0 saturated carbocycles. The molecule has 1 atom stereocenters. The monoisotopic (exact) mass is 376 g/mol. The van der Waals surface area contributed by atoms with Crippen LogP contribution in [0.4, 0.5) is 0 Å². The maximum atomic E-state index is 13.9. The molecule has 0 aliphatic rings. The molecule has 2 aromatic carbocycles. The fourth-order valence-corrected chi connectivity index (χ4v) is 5.49. The molecule has 0 aliphatic heterocycles. The Morgan fingerprint density at radius 2 is 1.54 bits per heavy atom. The van der Waals surface area contributed by atoms with Crippen molar-refractivity contribution in [3.8, 4) is 17.2 Å². The molecule has 0 spiro atoms. The van der Waals surface area contributed by atoms with Gasteiger partial charge in [0.2, 0.25) is 5.52 Å². The average molecular weight is 376 g/mol. The topological polar surface area (TPSA) is 61.8 Å². The highest BCUT2D eigenvalue weighted by Gasteiger charge is 2.37. The van der Waals surface area contributed by atoms with Crippen LogP contribution in [0.5, 0.6) is 17.2 Å². The lowest BCUT2D eigenvalue weighted by molar-refractivity contribution is 0.107. The molecule has 0 saturated heterocycles. The zero-order valence-electron chi connectivity index (χ0n) is 15.7. The van der Waals surface area contributed by atoms with Crippen molar-refractivity contribution in [1.82, 2.24) is 0 Å². The van der Waals surface area contributed by atoms with Crippen molar-refractivity contribution in [3.05, 3.63) is 48.0 Å². The lowest BCUT2D eigenvalue weighted by Gasteiger charge is -2.21. The molecule has 0 radical (unpaired) electrons. The summed E-state index contributed by atoms with van der Waals surface area (Å²) in [6.07, 6.45) is 1.85. The number of hydrogen-bond donors (Lipinski definition) is 0. The molecule has 2 aromatic rings. The van der Waals surface area contributed by atoms with Gasteiger partial charge in [-0.25, -0.2) is 0 Å². The second-order valence-corrected chi connectivity index (χ2v) is 8.71. The highest BCUT2D eigenvalue weighted by molar-refractivity contribution is 7.87. The summed E-state index contributed by atoms with van der Waals surface area (Å²) >= 11 is 0. The number of hydrogen-bond acceptors (Lipinski definition) is 5. The first-order chi connectivity index (χ1) is 12.5. The summed E-state index contributed by atoms with van der Waals surface area (Å²) in [6, 6.07) is 12.1. The Bertz CT molecular complexity index is 776. The Morgan fingerprint density at radius 1 is 0.962 bits per heavy atom. The molecule has 0 N–H and O–H groups in total. The molecule has 0 aromatic heterocycles. The predicted molar refractivity (Wildman–Crippen MR) is 104 cm³/mol. The van der Waals surface area contributed by atoms with E-state index in [1.807, 2.05) is 13.0 Å². The van der Waals surface area contributed by atoms with E-state index in [9.17, 15) is 9.36 Å². The number of benzene rings is 2. The normalized spacial score (nSPS) is 12.9. The van der Waals surface area contributed by atoms with Gasteiger partial charge in [-0.05, 0) is 6.42 Å². The quantitative estimate of drug-likeness (QED) is 0.609. The van der Waals surface area contributed by atoms with Gasteiger partial charge in [-0.15, -0.1) is 0 Å². The largest absolute Gasteiger partial charge is 0.496 e. The maximum absolute atomic E-state index is 13.9. The summed E-state index contributed by atoms with van der Waals surface area (Å²) in [5.74, 6) is 1.08. The smallest absolute Gasteiger partial charge is 0.233 e. The molecule has 0 fully saturated rings. The van der Waals surface area contributed by atoms with Gasteiger partial charge in [0.25, 0.3) is 0 Å². The first kappa shape index (κ1) is 20.1. The molecule has 0 heterocycles. The summed E-state index contributed by atoms with van der Waals surface area (Å²) < 4.78 is 29.9. The Hall–Kier alpha value is -2.26. The van der Waals surface area contributed by atoms with Crippen molar-refractivity contribution >= 4 is 18.0 Å². The summed E-state index contributed by atoms with van der Waals surface area (Å²) in [5, 5.41) is 0.554. The second kappa shape index (κ2) is 8.91. The van der Waals surface area contributed by atoms with Gasteiger partial charge in [-0.2, -0.15) is 0 Å². The first-order valence-electron chi connectivity index (χ1n) is 8.51. The van der Waals surface area contributed by atoms with E-state index in [0.29, 0.717) is 35.1 Å². The predicted octanol–water partition coefficient (Wildman–Crippen LogP) is 4.34. The summed E-state index contributed by atoms with van der Waals surface area (Å²) in [5.41, 5.74) is -0.257. The molecule has 1 unspecified atom stereocenters. The summed E-state index contributed by atoms with van der Waals surface area (Å²) in [7, 11) is 1.10. The zero-order chi connectivity index (χ0) is 19.2. The summed E-state index contributed by atoms with van der Waals surface area (Å²) in [6.45, 7) is 2.01. The van der Waals surface area contributed by atoms with Gasteiger partial charge >= 0.3 is 0 Å². The van der Waals surface area contributed by atoms with Crippen LogP contribution in [0.3, 0.4) is 0 Å². The highest BCUT2D eigenvalue weighted by atomic mass is 31.2. The van der Waals surface area contributed by atoms with Gasteiger partial charge in [0.05, 0.1) is 21.3 Å². The number of rotatable bonds is 9. The van der Waals surface area contributed by atoms with Gasteiger partial charge in [0, 0.05) is 23.6 Å². The number of unbranched alkanes of at least 4 members (excludes halogenated alkanes) is 1. The number of carbonyl (C=O) groups excluding carboxylic acids is 1. The minimum absolute atomic E-state index is 0.194. The number of carbonyl (C=O) groups is 1. The Kier molecular flexibility index (Phi) is 6.87. The van der Waals surface area contributed by atoms with Crippen LogP contribution in [0.2, 0.25) is 0 Å². The van der Waals surface area contributed by atoms with E-state index >= 15 is 0 Å². The van der Waals surface area contributed by atoms with Crippen molar-refractivity contribution in [2.75, 3.05) is 27.5 Å². The maximum Gasteiger partial charge on any atom is 0.233 e. The number of ether oxygens (including phenoxy) is 3. The minimum Gasteiger partial charge on any atom is -0.496 e.